The molecular formula is C21H18F3N5O2. The third-order valence-electron chi connectivity index (χ3n) is 5.57. The van der Waals surface area contributed by atoms with E-state index in [2.05, 4.69) is 19.8 Å². The van der Waals surface area contributed by atoms with Crippen molar-refractivity contribution in [2.24, 2.45) is 0 Å². The Morgan fingerprint density at radius 3 is 2.48 bits per heavy atom. The molecule has 0 N–H and O–H groups in total. The molecule has 7 nitrogen and oxygen atoms in total. The maximum atomic E-state index is 13.0. The first-order valence-corrected chi connectivity index (χ1v) is 10.0. The molecule has 1 aliphatic rings. The summed E-state index contributed by atoms with van der Waals surface area (Å²) in [5.74, 6) is 1.15. The van der Waals surface area contributed by atoms with Crippen molar-refractivity contribution in [3.8, 4) is 11.4 Å². The summed E-state index contributed by atoms with van der Waals surface area (Å²) in [5.41, 5.74) is 0.631. The first-order chi connectivity index (χ1) is 14.9. The van der Waals surface area contributed by atoms with Crippen molar-refractivity contribution < 1.29 is 17.9 Å². The Morgan fingerprint density at radius 2 is 1.77 bits per heavy atom. The Hall–Kier alpha value is -3.43. The van der Waals surface area contributed by atoms with Gasteiger partial charge in [0.1, 0.15) is 5.75 Å². The molecule has 10 heteroatoms. The van der Waals surface area contributed by atoms with Gasteiger partial charge in [0, 0.05) is 24.0 Å². The average molecular weight is 429 g/mol. The molecule has 0 aliphatic heterocycles. The molecule has 0 amide bonds. The molecule has 160 valence electrons. The van der Waals surface area contributed by atoms with Crippen LogP contribution in [0.2, 0.25) is 0 Å². The molecule has 0 atom stereocenters. The van der Waals surface area contributed by atoms with E-state index in [1.165, 1.54) is 29.3 Å². The number of halogens is 3. The van der Waals surface area contributed by atoms with Crippen LogP contribution in [-0.4, -0.2) is 30.5 Å². The van der Waals surface area contributed by atoms with Gasteiger partial charge < -0.3 is 4.74 Å². The first-order valence-electron chi connectivity index (χ1n) is 10.0. The van der Waals surface area contributed by atoms with Crippen molar-refractivity contribution in [1.82, 2.24) is 24.1 Å². The molecule has 0 bridgehead atoms. The summed E-state index contributed by atoms with van der Waals surface area (Å²) < 4.78 is 43.9. The van der Waals surface area contributed by atoms with Crippen LogP contribution in [0.3, 0.4) is 0 Å². The molecule has 3 aromatic heterocycles. The maximum Gasteiger partial charge on any atom is 0.573 e. The minimum absolute atomic E-state index is 0.309. The Bertz CT molecular complexity index is 1310. The number of aromatic nitrogens is 5. The second kappa shape index (κ2) is 7.36. The minimum Gasteiger partial charge on any atom is -0.406 e. The lowest BCUT2D eigenvalue weighted by atomic mass is 9.89. The number of alkyl halides is 3. The zero-order chi connectivity index (χ0) is 21.6. The predicted molar refractivity (Wildman–Crippen MR) is 106 cm³/mol. The number of hydrogen-bond donors (Lipinski definition) is 0. The van der Waals surface area contributed by atoms with Crippen LogP contribution in [0.15, 0.2) is 47.5 Å². The summed E-state index contributed by atoms with van der Waals surface area (Å²) >= 11 is 0. The summed E-state index contributed by atoms with van der Waals surface area (Å²) in [6.07, 6.45) is 3.90. The van der Waals surface area contributed by atoms with Gasteiger partial charge in [0.05, 0.1) is 10.9 Å². The topological polar surface area (TPSA) is 74.3 Å². The third kappa shape index (κ3) is 3.73. The summed E-state index contributed by atoms with van der Waals surface area (Å²) in [5, 5.41) is 4.96. The molecule has 0 saturated heterocycles. The largest absolute Gasteiger partial charge is 0.573 e. The normalized spacial score (nSPS) is 15.6. The smallest absolute Gasteiger partial charge is 0.406 e. The van der Waals surface area contributed by atoms with Crippen molar-refractivity contribution in [1.29, 1.82) is 0 Å². The van der Waals surface area contributed by atoms with E-state index in [9.17, 15) is 18.0 Å². The van der Waals surface area contributed by atoms with E-state index >= 15 is 0 Å². The van der Waals surface area contributed by atoms with Crippen LogP contribution in [0.4, 0.5) is 13.2 Å². The quantitative estimate of drug-likeness (QED) is 0.483. The van der Waals surface area contributed by atoms with Gasteiger partial charge in [-0.2, -0.15) is 9.50 Å². The van der Waals surface area contributed by atoms with Crippen LogP contribution in [0.5, 0.6) is 5.75 Å². The van der Waals surface area contributed by atoms with E-state index < -0.39 is 6.36 Å². The van der Waals surface area contributed by atoms with Gasteiger partial charge in [-0.15, -0.1) is 18.3 Å². The van der Waals surface area contributed by atoms with Crippen molar-refractivity contribution in [3.63, 3.8) is 0 Å². The molecule has 4 aromatic rings. The van der Waals surface area contributed by atoms with Gasteiger partial charge in [-0.05, 0) is 43.2 Å². The summed E-state index contributed by atoms with van der Waals surface area (Å²) in [6.45, 7) is 0. The lowest BCUT2D eigenvalue weighted by Gasteiger charge is -2.17. The van der Waals surface area contributed by atoms with Gasteiger partial charge in [-0.25, -0.2) is 4.98 Å². The molecule has 1 aliphatic carbocycles. The molecule has 1 fully saturated rings. The standard InChI is InChI=1S/C21H18F3N5O2/c22-21(23,24)31-15-8-6-14(7-9-15)28-11-10-17-16(19(28)30)12-25-20-26-18(27-29(17)20)13-4-2-1-3-5-13/h6-13H,1-5H2. The summed E-state index contributed by atoms with van der Waals surface area (Å²) in [7, 11) is 0. The van der Waals surface area contributed by atoms with E-state index in [1.807, 2.05) is 0 Å². The van der Waals surface area contributed by atoms with E-state index in [0.717, 1.165) is 43.6 Å². The van der Waals surface area contributed by atoms with Crippen LogP contribution in [0.1, 0.15) is 43.8 Å². The highest BCUT2D eigenvalue weighted by molar-refractivity contribution is 5.79. The molecular weight excluding hydrogens is 411 g/mol. The van der Waals surface area contributed by atoms with Crippen molar-refractivity contribution >= 4 is 16.7 Å². The minimum atomic E-state index is -4.77. The fourth-order valence-corrected chi connectivity index (χ4v) is 4.08. The van der Waals surface area contributed by atoms with Crippen LogP contribution < -0.4 is 10.3 Å². The van der Waals surface area contributed by atoms with Crippen molar-refractivity contribution in [3.05, 3.63) is 58.9 Å². The molecule has 31 heavy (non-hydrogen) atoms. The van der Waals surface area contributed by atoms with Crippen LogP contribution in [0, 0.1) is 0 Å². The second-order valence-electron chi connectivity index (χ2n) is 7.61. The number of fused-ring (bicyclic) bond motifs is 3. The van der Waals surface area contributed by atoms with Gasteiger partial charge in [0.2, 0.25) is 0 Å². The molecule has 1 saturated carbocycles. The predicted octanol–water partition coefficient (Wildman–Crippen LogP) is 4.37. The number of rotatable bonds is 3. The lowest BCUT2D eigenvalue weighted by Crippen LogP contribution is -2.19. The molecule has 0 spiro atoms. The highest BCUT2D eigenvalue weighted by Crippen LogP contribution is 2.31. The SMILES string of the molecule is O=c1c2cnc3nc(C4CCCCC4)nn3c2ccn1-c1ccc(OC(F)(F)F)cc1. The van der Waals surface area contributed by atoms with E-state index in [-0.39, 0.29) is 11.3 Å². The molecule has 5 rings (SSSR count). The number of hydrogen-bond acceptors (Lipinski definition) is 5. The van der Waals surface area contributed by atoms with Gasteiger partial charge in [0.15, 0.2) is 5.82 Å². The highest BCUT2D eigenvalue weighted by atomic mass is 19.4. The molecule has 3 heterocycles. The van der Waals surface area contributed by atoms with Crippen molar-refractivity contribution in [2.75, 3.05) is 0 Å². The van der Waals surface area contributed by atoms with E-state index in [1.54, 1.807) is 16.8 Å². The molecule has 0 unspecified atom stereocenters. The molecule has 1 aromatic carbocycles. The molecule has 0 radical (unpaired) electrons. The van der Waals surface area contributed by atoms with E-state index in [4.69, 9.17) is 0 Å². The Kier molecular flexibility index (Phi) is 4.64. The zero-order valence-electron chi connectivity index (χ0n) is 16.3. The van der Waals surface area contributed by atoms with Crippen molar-refractivity contribution in [2.45, 2.75) is 44.4 Å². The average Bonchev–Trinajstić information content (AvgIpc) is 3.19. The first kappa shape index (κ1) is 19.5. The van der Waals surface area contributed by atoms with Gasteiger partial charge >= 0.3 is 6.36 Å². The number of nitrogens with zero attached hydrogens (tertiary/aromatic N) is 5. The van der Waals surface area contributed by atoms with Crippen LogP contribution in [-0.2, 0) is 0 Å². The highest BCUT2D eigenvalue weighted by Gasteiger charge is 2.31. The van der Waals surface area contributed by atoms with Crippen LogP contribution in [0.25, 0.3) is 22.4 Å². The van der Waals surface area contributed by atoms with Gasteiger partial charge in [-0.1, -0.05) is 19.3 Å². The third-order valence-corrected chi connectivity index (χ3v) is 5.57. The fourth-order valence-electron chi connectivity index (χ4n) is 4.08. The summed E-state index contributed by atoms with van der Waals surface area (Å²) in [6, 6.07) is 6.82. The van der Waals surface area contributed by atoms with Crippen LogP contribution >= 0.6 is 0 Å². The Morgan fingerprint density at radius 1 is 1.03 bits per heavy atom. The Balaban J connectivity index is 1.53. The zero-order valence-corrected chi connectivity index (χ0v) is 16.3. The fraction of sp³-hybridized carbons (Fsp3) is 0.333. The number of benzene rings is 1. The lowest BCUT2D eigenvalue weighted by molar-refractivity contribution is -0.274. The van der Waals surface area contributed by atoms with E-state index in [0.29, 0.717) is 28.3 Å². The van der Waals surface area contributed by atoms with Gasteiger partial charge in [-0.3, -0.25) is 9.36 Å². The summed E-state index contributed by atoms with van der Waals surface area (Å²) in [4.78, 5) is 21.9. The number of pyridine rings is 1. The second-order valence-corrected chi connectivity index (χ2v) is 7.61. The maximum absolute atomic E-state index is 13.0. The van der Waals surface area contributed by atoms with Gasteiger partial charge in [0.25, 0.3) is 11.3 Å². The Labute approximate surface area is 174 Å². The number of ether oxygens (including phenoxy) is 1. The monoisotopic (exact) mass is 429 g/mol.